The summed E-state index contributed by atoms with van der Waals surface area (Å²) in [5.74, 6) is -2.47. The molecule has 0 unspecified atom stereocenters. The van der Waals surface area contributed by atoms with Gasteiger partial charge in [-0.05, 0) is 30.2 Å². The van der Waals surface area contributed by atoms with E-state index in [1.165, 1.54) is 0 Å². The van der Waals surface area contributed by atoms with Crippen molar-refractivity contribution >= 4 is 16.0 Å². The third kappa shape index (κ3) is 4.00. The highest BCUT2D eigenvalue weighted by Crippen LogP contribution is 2.14. The lowest BCUT2D eigenvalue weighted by molar-refractivity contribution is -0.309. The van der Waals surface area contributed by atoms with Crippen molar-refractivity contribution in [1.29, 1.82) is 0 Å². The maximum atomic E-state index is 12.7. The van der Waals surface area contributed by atoms with Crippen LogP contribution >= 0.6 is 0 Å². The van der Waals surface area contributed by atoms with Crippen LogP contribution in [0.5, 0.6) is 0 Å². The Balaban J connectivity index is 3.00. The van der Waals surface area contributed by atoms with Crippen molar-refractivity contribution < 1.29 is 22.7 Å². The summed E-state index contributed by atoms with van der Waals surface area (Å²) in [6, 6.07) is 2.80. The summed E-state index contributed by atoms with van der Waals surface area (Å²) >= 11 is 0. The van der Waals surface area contributed by atoms with Crippen LogP contribution in [-0.2, 0) is 14.8 Å². The van der Waals surface area contributed by atoms with Crippen LogP contribution in [0, 0.1) is 11.7 Å². The first-order valence-electron chi connectivity index (χ1n) is 5.76. The fourth-order valence-corrected chi connectivity index (χ4v) is 2.77. The Morgan fingerprint density at radius 3 is 2.32 bits per heavy atom. The molecule has 7 heteroatoms. The van der Waals surface area contributed by atoms with Gasteiger partial charge in [-0.1, -0.05) is 20.3 Å². The molecule has 1 rings (SSSR count). The van der Waals surface area contributed by atoms with Crippen molar-refractivity contribution in [2.24, 2.45) is 5.92 Å². The first-order chi connectivity index (χ1) is 8.77. The predicted molar refractivity (Wildman–Crippen MR) is 65.0 cm³/mol. The zero-order valence-electron chi connectivity index (χ0n) is 10.6. The van der Waals surface area contributed by atoms with Crippen LogP contribution in [0.15, 0.2) is 29.2 Å². The summed E-state index contributed by atoms with van der Waals surface area (Å²) in [6.45, 7) is 3.35. The van der Waals surface area contributed by atoms with Gasteiger partial charge in [-0.25, -0.2) is 17.5 Å². The van der Waals surface area contributed by atoms with Gasteiger partial charge < -0.3 is 9.90 Å². The van der Waals surface area contributed by atoms with Crippen LogP contribution in [-0.4, -0.2) is 20.4 Å². The molecule has 1 aromatic rings. The maximum absolute atomic E-state index is 12.7. The van der Waals surface area contributed by atoms with Crippen LogP contribution in [0.4, 0.5) is 4.39 Å². The van der Waals surface area contributed by atoms with Gasteiger partial charge in [0.25, 0.3) is 0 Å². The molecule has 0 amide bonds. The number of carbonyl (C=O) groups is 1. The van der Waals surface area contributed by atoms with Gasteiger partial charge in [0.1, 0.15) is 5.82 Å². The van der Waals surface area contributed by atoms with Crippen molar-refractivity contribution in [2.75, 3.05) is 0 Å². The van der Waals surface area contributed by atoms with Gasteiger partial charge in [0.05, 0.1) is 16.9 Å². The minimum absolute atomic E-state index is 0.191. The fourth-order valence-electron chi connectivity index (χ4n) is 1.48. The molecule has 1 N–H and O–H groups in total. The number of rotatable bonds is 6. The smallest absolute Gasteiger partial charge is 0.241 e. The number of hydrogen-bond donors (Lipinski definition) is 1. The highest BCUT2D eigenvalue weighted by molar-refractivity contribution is 7.89. The second-order valence-corrected chi connectivity index (χ2v) is 5.97. The minimum Gasteiger partial charge on any atom is -0.548 e. The number of nitrogens with one attached hydrogen (secondary N) is 1. The van der Waals surface area contributed by atoms with Gasteiger partial charge in [0.2, 0.25) is 10.0 Å². The standard InChI is InChI=1S/C12H16FNO4S/c1-3-8(2)11(12(15)16)14-19(17,18)10-6-4-9(13)5-7-10/h4-8,11,14H,3H2,1-2H3,(H,15,16)/p-1/t8-,11-/m0/s1. The molecule has 0 fully saturated rings. The molecule has 106 valence electrons. The van der Waals surface area contributed by atoms with Crippen LogP contribution in [0.1, 0.15) is 20.3 Å². The molecule has 0 aliphatic rings. The molecule has 0 aromatic heterocycles. The second-order valence-electron chi connectivity index (χ2n) is 4.26. The first-order valence-corrected chi connectivity index (χ1v) is 7.25. The van der Waals surface area contributed by atoms with Gasteiger partial charge in [-0.15, -0.1) is 0 Å². The molecule has 0 saturated carbocycles. The van der Waals surface area contributed by atoms with E-state index in [2.05, 4.69) is 4.72 Å². The Kier molecular flexibility index (Phi) is 5.02. The summed E-state index contributed by atoms with van der Waals surface area (Å²) in [5, 5.41) is 11.0. The van der Waals surface area contributed by atoms with Gasteiger partial charge in [-0.2, -0.15) is 0 Å². The Morgan fingerprint density at radius 2 is 1.89 bits per heavy atom. The molecule has 19 heavy (non-hydrogen) atoms. The van der Waals surface area contributed by atoms with Crippen molar-refractivity contribution in [2.45, 2.75) is 31.2 Å². The Bertz CT molecular complexity index is 541. The van der Waals surface area contributed by atoms with Crippen LogP contribution in [0.3, 0.4) is 0 Å². The lowest BCUT2D eigenvalue weighted by Gasteiger charge is -2.24. The molecule has 0 radical (unpaired) electrons. The van der Waals surface area contributed by atoms with E-state index in [0.29, 0.717) is 6.42 Å². The summed E-state index contributed by atoms with van der Waals surface area (Å²) in [7, 11) is -4.01. The number of hydrogen-bond acceptors (Lipinski definition) is 4. The zero-order chi connectivity index (χ0) is 14.6. The molecule has 0 saturated heterocycles. The molecule has 0 aliphatic heterocycles. The third-order valence-electron chi connectivity index (χ3n) is 2.87. The van der Waals surface area contributed by atoms with Gasteiger partial charge >= 0.3 is 0 Å². The van der Waals surface area contributed by atoms with Crippen molar-refractivity contribution in [1.82, 2.24) is 4.72 Å². The van der Waals surface area contributed by atoms with E-state index in [-0.39, 0.29) is 4.90 Å². The van der Waals surface area contributed by atoms with Crippen LogP contribution in [0.25, 0.3) is 0 Å². The monoisotopic (exact) mass is 288 g/mol. The van der Waals surface area contributed by atoms with E-state index in [9.17, 15) is 22.7 Å². The Morgan fingerprint density at radius 1 is 1.37 bits per heavy atom. The van der Waals surface area contributed by atoms with Gasteiger partial charge in [0.15, 0.2) is 0 Å². The molecule has 0 aliphatic carbocycles. The van der Waals surface area contributed by atoms with Crippen molar-refractivity contribution in [3.05, 3.63) is 30.1 Å². The summed E-state index contributed by atoms with van der Waals surface area (Å²) in [6.07, 6.45) is 0.477. The largest absolute Gasteiger partial charge is 0.548 e. The van der Waals surface area contributed by atoms with Crippen molar-refractivity contribution in [3.8, 4) is 0 Å². The van der Waals surface area contributed by atoms with E-state index in [0.717, 1.165) is 24.3 Å². The Labute approximate surface area is 111 Å². The summed E-state index contributed by atoms with van der Waals surface area (Å²) < 4.78 is 38.7. The zero-order valence-corrected chi connectivity index (χ0v) is 11.4. The van der Waals surface area contributed by atoms with Crippen LogP contribution < -0.4 is 9.83 Å². The molecule has 2 atom stereocenters. The molecule has 5 nitrogen and oxygen atoms in total. The van der Waals surface area contributed by atoms with Gasteiger partial charge in [0, 0.05) is 0 Å². The van der Waals surface area contributed by atoms with E-state index in [1.807, 2.05) is 0 Å². The van der Waals surface area contributed by atoms with E-state index in [1.54, 1.807) is 13.8 Å². The lowest BCUT2D eigenvalue weighted by atomic mass is 10.0. The molecule has 0 spiro atoms. The number of sulfonamides is 1. The Hall–Kier alpha value is -1.47. The number of carboxylic acid groups (broad SMARTS) is 1. The number of carbonyl (C=O) groups excluding carboxylic acids is 1. The molecule has 0 bridgehead atoms. The van der Waals surface area contributed by atoms with E-state index >= 15 is 0 Å². The third-order valence-corrected chi connectivity index (χ3v) is 4.33. The SMILES string of the molecule is CC[C@H](C)[C@H](NS(=O)(=O)c1ccc(F)cc1)C(=O)[O-]. The molecule has 0 heterocycles. The second kappa shape index (κ2) is 6.12. The normalized spacial score (nSPS) is 14.9. The maximum Gasteiger partial charge on any atom is 0.241 e. The quantitative estimate of drug-likeness (QED) is 0.814. The lowest BCUT2D eigenvalue weighted by Crippen LogP contribution is -2.51. The fraction of sp³-hybridized carbons (Fsp3) is 0.417. The average Bonchev–Trinajstić information content (AvgIpc) is 2.35. The molecular formula is C12H15FNO4S-. The predicted octanol–water partition coefficient (Wildman–Crippen LogP) is 0.269. The molecular weight excluding hydrogens is 273 g/mol. The summed E-state index contributed by atoms with van der Waals surface area (Å²) in [4.78, 5) is 10.8. The van der Waals surface area contributed by atoms with Crippen molar-refractivity contribution in [3.63, 3.8) is 0 Å². The molecule has 1 aromatic carbocycles. The van der Waals surface area contributed by atoms with E-state index in [4.69, 9.17) is 0 Å². The number of benzene rings is 1. The summed E-state index contributed by atoms with van der Waals surface area (Å²) in [5.41, 5.74) is 0. The van der Waals surface area contributed by atoms with E-state index < -0.39 is 33.8 Å². The first kappa shape index (κ1) is 15.6. The highest BCUT2D eigenvalue weighted by atomic mass is 32.2. The number of halogens is 1. The van der Waals surface area contributed by atoms with Crippen LogP contribution in [0.2, 0.25) is 0 Å². The number of carboxylic acids is 1. The topological polar surface area (TPSA) is 86.3 Å². The average molecular weight is 288 g/mol. The van der Waals surface area contributed by atoms with Gasteiger partial charge in [-0.3, -0.25) is 0 Å². The highest BCUT2D eigenvalue weighted by Gasteiger charge is 2.24. The number of aliphatic carboxylic acids is 1. The minimum atomic E-state index is -4.01.